The van der Waals surface area contributed by atoms with Gasteiger partial charge in [-0.2, -0.15) is 0 Å². The Hall–Kier alpha value is -2.01. The van der Waals surface area contributed by atoms with Gasteiger partial charge in [0.2, 0.25) is 0 Å². The van der Waals surface area contributed by atoms with Crippen LogP contribution in [-0.4, -0.2) is 29.1 Å². The van der Waals surface area contributed by atoms with Crippen LogP contribution in [0.4, 0.5) is 5.69 Å². The van der Waals surface area contributed by atoms with Gasteiger partial charge in [0.05, 0.1) is 5.56 Å². The number of hydrogen-bond donors (Lipinski definition) is 2. The molecule has 1 heterocycles. The summed E-state index contributed by atoms with van der Waals surface area (Å²) in [6, 6.07) is 5.19. The van der Waals surface area contributed by atoms with Crippen LogP contribution in [0.3, 0.4) is 0 Å². The maximum atomic E-state index is 12.2. The summed E-state index contributed by atoms with van der Waals surface area (Å²) in [6.07, 6.45) is 4.31. The molecule has 0 unspecified atom stereocenters. The zero-order valence-corrected chi connectivity index (χ0v) is 12.2. The van der Waals surface area contributed by atoms with Gasteiger partial charge in [-0.25, -0.2) is 4.98 Å². The lowest BCUT2D eigenvalue weighted by Gasteiger charge is -2.10. The smallest absolute Gasteiger partial charge is 0.253 e. The zero-order valence-electron chi connectivity index (χ0n) is 11.5. The van der Waals surface area contributed by atoms with Crippen LogP contribution in [0.25, 0.3) is 0 Å². The lowest BCUT2D eigenvalue weighted by Crippen LogP contribution is -2.27. The Bertz CT molecular complexity index is 609. The molecule has 0 bridgehead atoms. The second-order valence-corrected chi connectivity index (χ2v) is 4.84. The summed E-state index contributed by atoms with van der Waals surface area (Å²) in [6.45, 7) is 0.527. The Balaban J connectivity index is 1.98. The number of imidazole rings is 1. The number of nitrogens with one attached hydrogen (secondary N) is 2. The molecule has 0 saturated carbocycles. The molecule has 0 aliphatic rings. The van der Waals surface area contributed by atoms with Crippen LogP contribution in [0.15, 0.2) is 30.6 Å². The summed E-state index contributed by atoms with van der Waals surface area (Å²) in [5, 5.41) is 6.40. The molecule has 2 aromatic rings. The van der Waals surface area contributed by atoms with Crippen molar-refractivity contribution in [2.45, 2.75) is 6.42 Å². The minimum absolute atomic E-state index is 0.147. The first kappa shape index (κ1) is 14.4. The highest BCUT2D eigenvalue weighted by atomic mass is 35.5. The third-order valence-electron chi connectivity index (χ3n) is 3.05. The highest BCUT2D eigenvalue weighted by molar-refractivity contribution is 6.31. The van der Waals surface area contributed by atoms with Crippen molar-refractivity contribution >= 4 is 23.2 Å². The number of nitrogens with zero attached hydrogens (tertiary/aromatic N) is 2. The molecule has 20 heavy (non-hydrogen) atoms. The molecule has 0 atom stereocenters. The van der Waals surface area contributed by atoms with Crippen molar-refractivity contribution in [2.24, 2.45) is 7.05 Å². The Morgan fingerprint density at radius 1 is 1.45 bits per heavy atom. The van der Waals surface area contributed by atoms with Crippen molar-refractivity contribution in [3.8, 4) is 0 Å². The molecule has 1 aromatic carbocycles. The number of anilines is 1. The quantitative estimate of drug-likeness (QED) is 0.887. The summed E-state index contributed by atoms with van der Waals surface area (Å²) in [5.41, 5.74) is 1.30. The van der Waals surface area contributed by atoms with Crippen molar-refractivity contribution in [3.05, 3.63) is 47.0 Å². The van der Waals surface area contributed by atoms with Crippen LogP contribution in [-0.2, 0) is 13.5 Å². The van der Waals surface area contributed by atoms with Gasteiger partial charge in [-0.1, -0.05) is 11.6 Å². The van der Waals surface area contributed by atoms with E-state index in [1.54, 1.807) is 31.4 Å². The van der Waals surface area contributed by atoms with E-state index < -0.39 is 0 Å². The third kappa shape index (κ3) is 3.30. The summed E-state index contributed by atoms with van der Waals surface area (Å²) in [7, 11) is 3.70. The molecule has 106 valence electrons. The van der Waals surface area contributed by atoms with E-state index in [-0.39, 0.29) is 5.91 Å². The number of aromatic nitrogens is 2. The molecule has 0 aliphatic carbocycles. The van der Waals surface area contributed by atoms with Gasteiger partial charge in [0.25, 0.3) is 5.91 Å². The molecule has 5 nitrogen and oxygen atoms in total. The zero-order chi connectivity index (χ0) is 14.5. The van der Waals surface area contributed by atoms with Crippen LogP contribution in [0.2, 0.25) is 5.02 Å². The number of rotatable bonds is 5. The number of aryl methyl sites for hydroxylation is 1. The Kier molecular flexibility index (Phi) is 4.63. The number of amides is 1. The number of hydrogen-bond acceptors (Lipinski definition) is 3. The predicted molar refractivity (Wildman–Crippen MR) is 80.2 cm³/mol. The molecule has 2 N–H and O–H groups in total. The van der Waals surface area contributed by atoms with Crippen LogP contribution in [0.5, 0.6) is 0 Å². The van der Waals surface area contributed by atoms with Gasteiger partial charge in [-0.05, 0) is 18.2 Å². The molecule has 0 fully saturated rings. The monoisotopic (exact) mass is 292 g/mol. The molecule has 0 radical (unpaired) electrons. The van der Waals surface area contributed by atoms with Gasteiger partial charge in [0, 0.05) is 50.2 Å². The summed E-state index contributed by atoms with van der Waals surface area (Å²) >= 11 is 5.93. The average Bonchev–Trinajstić information content (AvgIpc) is 2.84. The SMILES string of the molecule is CNc1ccc(Cl)cc1C(=O)NCCc1nccn1C. The molecule has 0 spiro atoms. The summed E-state index contributed by atoms with van der Waals surface area (Å²) in [5.74, 6) is 0.788. The Morgan fingerprint density at radius 3 is 2.90 bits per heavy atom. The lowest BCUT2D eigenvalue weighted by molar-refractivity contribution is 0.0954. The molecule has 0 saturated heterocycles. The van der Waals surface area contributed by atoms with E-state index in [2.05, 4.69) is 15.6 Å². The number of carbonyl (C=O) groups is 1. The van der Waals surface area contributed by atoms with E-state index in [0.29, 0.717) is 23.6 Å². The van der Waals surface area contributed by atoms with E-state index in [4.69, 9.17) is 11.6 Å². The van der Waals surface area contributed by atoms with Crippen LogP contribution < -0.4 is 10.6 Å². The van der Waals surface area contributed by atoms with Gasteiger partial charge in [-0.15, -0.1) is 0 Å². The van der Waals surface area contributed by atoms with Gasteiger partial charge >= 0.3 is 0 Å². The largest absolute Gasteiger partial charge is 0.387 e. The predicted octanol–water partition coefficient (Wildman–Crippen LogP) is 2.09. The minimum Gasteiger partial charge on any atom is -0.387 e. The average molecular weight is 293 g/mol. The van der Waals surface area contributed by atoms with Gasteiger partial charge < -0.3 is 15.2 Å². The summed E-state index contributed by atoms with van der Waals surface area (Å²) < 4.78 is 1.94. The van der Waals surface area contributed by atoms with E-state index in [9.17, 15) is 4.79 Å². The van der Waals surface area contributed by atoms with E-state index in [1.165, 1.54) is 0 Å². The fraction of sp³-hybridized carbons (Fsp3) is 0.286. The molecular formula is C14H17ClN4O. The topological polar surface area (TPSA) is 59.0 Å². The molecule has 2 rings (SSSR count). The first-order valence-electron chi connectivity index (χ1n) is 6.33. The van der Waals surface area contributed by atoms with Gasteiger partial charge in [-0.3, -0.25) is 4.79 Å². The molecular weight excluding hydrogens is 276 g/mol. The van der Waals surface area contributed by atoms with Crippen molar-refractivity contribution in [1.82, 2.24) is 14.9 Å². The fourth-order valence-corrected chi connectivity index (χ4v) is 2.11. The van der Waals surface area contributed by atoms with Crippen LogP contribution in [0, 0.1) is 0 Å². The molecule has 6 heteroatoms. The number of benzene rings is 1. The summed E-state index contributed by atoms with van der Waals surface area (Å²) in [4.78, 5) is 16.4. The van der Waals surface area contributed by atoms with Gasteiger partial charge in [0.15, 0.2) is 0 Å². The maximum Gasteiger partial charge on any atom is 0.253 e. The standard InChI is InChI=1S/C14H17ClN4O/c1-16-12-4-3-10(15)9-11(12)14(20)18-6-5-13-17-7-8-19(13)2/h3-4,7-9,16H,5-6H2,1-2H3,(H,18,20). The van der Waals surface area contributed by atoms with Crippen molar-refractivity contribution in [3.63, 3.8) is 0 Å². The van der Waals surface area contributed by atoms with E-state index in [0.717, 1.165) is 11.5 Å². The van der Waals surface area contributed by atoms with Crippen LogP contribution in [0.1, 0.15) is 16.2 Å². The fourth-order valence-electron chi connectivity index (χ4n) is 1.94. The van der Waals surface area contributed by atoms with Crippen molar-refractivity contribution in [2.75, 3.05) is 18.9 Å². The Labute approximate surface area is 123 Å². The van der Waals surface area contributed by atoms with E-state index in [1.807, 2.05) is 17.8 Å². The first-order valence-corrected chi connectivity index (χ1v) is 6.71. The Morgan fingerprint density at radius 2 is 2.25 bits per heavy atom. The van der Waals surface area contributed by atoms with E-state index >= 15 is 0 Å². The highest BCUT2D eigenvalue weighted by Crippen LogP contribution is 2.20. The highest BCUT2D eigenvalue weighted by Gasteiger charge is 2.11. The first-order chi connectivity index (χ1) is 9.61. The maximum absolute atomic E-state index is 12.2. The van der Waals surface area contributed by atoms with Crippen molar-refractivity contribution < 1.29 is 4.79 Å². The van der Waals surface area contributed by atoms with Gasteiger partial charge in [0.1, 0.15) is 5.82 Å². The molecule has 1 aromatic heterocycles. The number of carbonyl (C=O) groups excluding carboxylic acids is 1. The molecule has 1 amide bonds. The second kappa shape index (κ2) is 6.43. The van der Waals surface area contributed by atoms with Crippen LogP contribution >= 0.6 is 11.6 Å². The normalized spacial score (nSPS) is 10.3. The minimum atomic E-state index is -0.147. The second-order valence-electron chi connectivity index (χ2n) is 4.40. The molecule has 0 aliphatic heterocycles. The van der Waals surface area contributed by atoms with Crippen molar-refractivity contribution in [1.29, 1.82) is 0 Å². The third-order valence-corrected chi connectivity index (χ3v) is 3.29. The number of halogens is 1. The lowest BCUT2D eigenvalue weighted by atomic mass is 10.1.